The summed E-state index contributed by atoms with van der Waals surface area (Å²) in [5.74, 6) is -2.43. The van der Waals surface area contributed by atoms with E-state index in [1.807, 2.05) is 0 Å². The van der Waals surface area contributed by atoms with Crippen LogP contribution in [0.4, 0.5) is 10.1 Å². The van der Waals surface area contributed by atoms with Crippen molar-refractivity contribution in [1.82, 2.24) is 4.57 Å². The third kappa shape index (κ3) is 3.23. The molecule has 3 rings (SSSR count). The predicted molar refractivity (Wildman–Crippen MR) is 101 cm³/mol. The van der Waals surface area contributed by atoms with Crippen molar-refractivity contribution in [3.63, 3.8) is 0 Å². The third-order valence-electron chi connectivity index (χ3n) is 4.45. The Bertz CT molecular complexity index is 1040. The van der Waals surface area contributed by atoms with Crippen LogP contribution < -0.4 is 10.7 Å². The summed E-state index contributed by atoms with van der Waals surface area (Å²) in [6.45, 7) is 6.64. The van der Waals surface area contributed by atoms with E-state index in [0.29, 0.717) is 11.1 Å². The lowest BCUT2D eigenvalue weighted by Crippen LogP contribution is -2.23. The average Bonchev–Trinajstić information content (AvgIpc) is 3.48. The molecule has 0 spiro atoms. The first-order chi connectivity index (χ1) is 12.8. The van der Waals surface area contributed by atoms with Crippen LogP contribution >= 0.6 is 11.6 Å². The Morgan fingerprint density at radius 2 is 2.15 bits per heavy atom. The number of nitrogens with zero attached hydrogens (tertiary/aromatic N) is 1. The van der Waals surface area contributed by atoms with E-state index in [-0.39, 0.29) is 34.3 Å². The first-order valence-corrected chi connectivity index (χ1v) is 8.86. The van der Waals surface area contributed by atoms with Crippen molar-refractivity contribution >= 4 is 40.1 Å². The van der Waals surface area contributed by atoms with E-state index in [2.05, 4.69) is 11.9 Å². The number of anilines is 1. The van der Waals surface area contributed by atoms with E-state index >= 15 is 0 Å². The molecule has 0 bridgehead atoms. The Kier molecular flexibility index (Phi) is 5.06. The predicted octanol–water partition coefficient (Wildman–Crippen LogP) is 3.74. The normalized spacial score (nSPS) is 13.5. The fourth-order valence-corrected chi connectivity index (χ4v) is 3.21. The van der Waals surface area contributed by atoms with E-state index in [9.17, 15) is 18.8 Å². The minimum atomic E-state index is -0.933. The van der Waals surface area contributed by atoms with Crippen LogP contribution in [-0.2, 0) is 9.53 Å². The van der Waals surface area contributed by atoms with E-state index in [4.69, 9.17) is 16.3 Å². The molecule has 0 atom stereocenters. The molecular weight excluding hydrogens is 375 g/mol. The molecule has 1 saturated carbocycles. The van der Waals surface area contributed by atoms with Crippen LogP contribution in [0.2, 0.25) is 5.02 Å². The second-order valence-electron chi connectivity index (χ2n) is 6.28. The zero-order valence-corrected chi connectivity index (χ0v) is 15.7. The summed E-state index contributed by atoms with van der Waals surface area (Å²) in [5.41, 5.74) is -0.553. The number of esters is 1. The molecule has 6 nitrogen and oxygen atoms in total. The number of benzene rings is 1. The number of hydrogen-bond acceptors (Lipinski definition) is 4. The van der Waals surface area contributed by atoms with Gasteiger partial charge in [-0.05, 0) is 38.3 Å². The maximum Gasteiger partial charge on any atom is 0.343 e. The van der Waals surface area contributed by atoms with Gasteiger partial charge >= 0.3 is 5.97 Å². The highest BCUT2D eigenvalue weighted by Gasteiger charge is 2.31. The zero-order chi connectivity index (χ0) is 19.9. The van der Waals surface area contributed by atoms with E-state index in [0.717, 1.165) is 18.9 Å². The maximum atomic E-state index is 14.9. The van der Waals surface area contributed by atoms with Gasteiger partial charge in [-0.2, -0.15) is 0 Å². The number of carbonyl (C=O) groups is 2. The van der Waals surface area contributed by atoms with Crippen molar-refractivity contribution in [1.29, 1.82) is 0 Å². The van der Waals surface area contributed by atoms with Gasteiger partial charge in [-0.3, -0.25) is 9.59 Å². The maximum absolute atomic E-state index is 14.9. The Morgan fingerprint density at radius 3 is 2.70 bits per heavy atom. The Morgan fingerprint density at radius 1 is 1.48 bits per heavy atom. The molecule has 1 fully saturated rings. The van der Waals surface area contributed by atoms with E-state index in [1.54, 1.807) is 18.4 Å². The molecule has 0 aliphatic heterocycles. The number of nitrogens with one attached hydrogen (secondary N) is 1. The van der Waals surface area contributed by atoms with Crippen molar-refractivity contribution < 1.29 is 18.7 Å². The van der Waals surface area contributed by atoms with Gasteiger partial charge in [0, 0.05) is 12.2 Å². The molecule has 27 heavy (non-hydrogen) atoms. The summed E-state index contributed by atoms with van der Waals surface area (Å²) in [6.07, 6.45) is 4.08. The molecule has 0 unspecified atom stereocenters. The lowest BCUT2D eigenvalue weighted by molar-refractivity contribution is -0.111. The summed E-state index contributed by atoms with van der Waals surface area (Å²) in [6, 6.07) is 0.0597. The highest BCUT2D eigenvalue weighted by atomic mass is 35.5. The number of ether oxygens (including phenoxy) is 1. The molecule has 1 aromatic carbocycles. The van der Waals surface area contributed by atoms with Crippen LogP contribution in [0, 0.1) is 12.7 Å². The van der Waals surface area contributed by atoms with Gasteiger partial charge in [0.25, 0.3) is 0 Å². The first-order valence-electron chi connectivity index (χ1n) is 8.48. The van der Waals surface area contributed by atoms with Crippen LogP contribution in [0.15, 0.2) is 23.6 Å². The Balaban J connectivity index is 2.46. The van der Waals surface area contributed by atoms with Gasteiger partial charge in [0.15, 0.2) is 5.82 Å². The van der Waals surface area contributed by atoms with Gasteiger partial charge in [-0.15, -0.1) is 0 Å². The molecule has 1 aliphatic carbocycles. The second kappa shape index (κ2) is 7.15. The van der Waals surface area contributed by atoms with E-state index < -0.39 is 23.1 Å². The number of fused-ring (bicyclic) bond motifs is 1. The molecule has 142 valence electrons. The molecule has 1 N–H and O–H groups in total. The molecule has 0 saturated heterocycles. The molecule has 8 heteroatoms. The summed E-state index contributed by atoms with van der Waals surface area (Å²) < 4.78 is 21.6. The van der Waals surface area contributed by atoms with Gasteiger partial charge in [0.1, 0.15) is 5.56 Å². The van der Waals surface area contributed by atoms with E-state index in [1.165, 1.54) is 6.20 Å². The monoisotopic (exact) mass is 392 g/mol. The van der Waals surface area contributed by atoms with Gasteiger partial charge in [-0.1, -0.05) is 18.2 Å². The van der Waals surface area contributed by atoms with Gasteiger partial charge in [0.2, 0.25) is 11.3 Å². The van der Waals surface area contributed by atoms with Crippen LogP contribution in [0.5, 0.6) is 0 Å². The van der Waals surface area contributed by atoms with Crippen molar-refractivity contribution in [2.24, 2.45) is 0 Å². The lowest BCUT2D eigenvalue weighted by atomic mass is 10.0. The Hall–Kier alpha value is -2.67. The summed E-state index contributed by atoms with van der Waals surface area (Å²) in [7, 11) is 0. The molecule has 1 amide bonds. The van der Waals surface area contributed by atoms with Crippen LogP contribution in [0.25, 0.3) is 10.9 Å². The fraction of sp³-hybridized carbons (Fsp3) is 0.316. The van der Waals surface area contributed by atoms with Crippen LogP contribution in [-0.4, -0.2) is 23.1 Å². The van der Waals surface area contributed by atoms with Crippen molar-refractivity contribution in [3.8, 4) is 0 Å². The number of halogens is 2. The number of hydrogen-bond donors (Lipinski definition) is 1. The summed E-state index contributed by atoms with van der Waals surface area (Å²) in [5, 5.41) is 2.01. The van der Waals surface area contributed by atoms with Crippen LogP contribution in [0.3, 0.4) is 0 Å². The van der Waals surface area contributed by atoms with Crippen molar-refractivity contribution in [2.45, 2.75) is 32.7 Å². The summed E-state index contributed by atoms with van der Waals surface area (Å²) in [4.78, 5) is 37.1. The minimum Gasteiger partial charge on any atom is -0.462 e. The second-order valence-corrected chi connectivity index (χ2v) is 6.65. The number of rotatable bonds is 5. The largest absolute Gasteiger partial charge is 0.462 e. The number of aromatic nitrogens is 1. The fourth-order valence-electron chi connectivity index (χ4n) is 3.02. The van der Waals surface area contributed by atoms with Gasteiger partial charge in [0.05, 0.1) is 28.2 Å². The highest BCUT2D eigenvalue weighted by molar-refractivity contribution is 6.33. The number of aryl methyl sites for hydroxylation is 1. The number of carbonyl (C=O) groups excluding carboxylic acids is 2. The van der Waals surface area contributed by atoms with Gasteiger partial charge < -0.3 is 14.6 Å². The molecule has 0 radical (unpaired) electrons. The molecule has 1 heterocycles. The summed E-state index contributed by atoms with van der Waals surface area (Å²) >= 11 is 6.13. The first kappa shape index (κ1) is 19.1. The minimum absolute atomic E-state index is 0.0597. The number of amides is 1. The standard InChI is InChI=1S/C19H18ClFN2O4/c1-4-12(24)22-16-13-17(9(3)14(20)15(16)21)23(10-6-7-10)8-11(18(13)25)19(26)27-5-2/h4,8,10H,1,5-7H2,2-3H3,(H,22,24). The molecule has 1 aliphatic rings. The SMILES string of the molecule is C=CC(=O)Nc1c(F)c(Cl)c(C)c2c1c(=O)c(C(=O)OCC)cn2C1CC1. The van der Waals surface area contributed by atoms with Crippen molar-refractivity contribution in [2.75, 3.05) is 11.9 Å². The topological polar surface area (TPSA) is 77.4 Å². The Labute approximate surface area is 159 Å². The molecular formula is C19H18ClFN2O4. The van der Waals surface area contributed by atoms with Crippen LogP contribution in [0.1, 0.15) is 41.7 Å². The quantitative estimate of drug-likeness (QED) is 0.621. The zero-order valence-electron chi connectivity index (χ0n) is 14.9. The molecule has 1 aromatic heterocycles. The lowest BCUT2D eigenvalue weighted by Gasteiger charge is -2.19. The average molecular weight is 393 g/mol. The third-order valence-corrected chi connectivity index (χ3v) is 4.90. The smallest absolute Gasteiger partial charge is 0.343 e. The van der Waals surface area contributed by atoms with Gasteiger partial charge in [-0.25, -0.2) is 9.18 Å². The molecule has 2 aromatic rings. The van der Waals surface area contributed by atoms with Crippen molar-refractivity contribution in [3.05, 3.63) is 51.0 Å². The number of pyridine rings is 1. The highest BCUT2D eigenvalue weighted by Crippen LogP contribution is 2.41.